The van der Waals surface area contributed by atoms with Crippen LogP contribution in [-0.4, -0.2) is 24.0 Å². The third-order valence-corrected chi connectivity index (χ3v) is 5.54. The zero-order valence-corrected chi connectivity index (χ0v) is 14.8. The molecule has 1 N–H and O–H groups in total. The van der Waals surface area contributed by atoms with Crippen molar-refractivity contribution >= 4 is 11.9 Å². The molecule has 5 nitrogen and oxygen atoms in total. The molecular formula is C19H30N2O3. The number of hydrogen-bond donors (Lipinski definition) is 1. The summed E-state index contributed by atoms with van der Waals surface area (Å²) in [6, 6.07) is 2.21. The highest BCUT2D eigenvalue weighted by atomic mass is 16.5. The number of unbranched alkanes of at least 4 members (excludes halogenated alkanes) is 1. The molecular weight excluding hydrogens is 304 g/mol. The Balaban J connectivity index is 1.68. The quantitative estimate of drug-likeness (QED) is 0.723. The van der Waals surface area contributed by atoms with Gasteiger partial charge in [0.15, 0.2) is 6.61 Å². The van der Waals surface area contributed by atoms with E-state index in [-0.39, 0.29) is 24.4 Å². The SMILES string of the molecule is CCCCC1CCC(C(=O)OCC(=O)NC2(C#N)CCCC2)CC1. The van der Waals surface area contributed by atoms with Crippen molar-refractivity contribution in [3.63, 3.8) is 0 Å². The smallest absolute Gasteiger partial charge is 0.309 e. The lowest BCUT2D eigenvalue weighted by Crippen LogP contribution is -2.47. The number of carbonyl (C=O) groups is 2. The number of carbonyl (C=O) groups excluding carboxylic acids is 2. The Hall–Kier alpha value is -1.57. The maximum atomic E-state index is 12.1. The van der Waals surface area contributed by atoms with Gasteiger partial charge in [-0.2, -0.15) is 5.26 Å². The summed E-state index contributed by atoms with van der Waals surface area (Å²) in [5.41, 5.74) is -0.749. The van der Waals surface area contributed by atoms with Gasteiger partial charge in [-0.25, -0.2) is 0 Å². The zero-order chi connectivity index (χ0) is 17.4. The topological polar surface area (TPSA) is 79.2 Å². The van der Waals surface area contributed by atoms with Crippen molar-refractivity contribution in [2.75, 3.05) is 6.61 Å². The summed E-state index contributed by atoms with van der Waals surface area (Å²) in [7, 11) is 0. The minimum absolute atomic E-state index is 0.0629. The molecule has 24 heavy (non-hydrogen) atoms. The summed E-state index contributed by atoms with van der Waals surface area (Å²) in [5.74, 6) is 0.0715. The molecule has 2 aliphatic rings. The van der Waals surface area contributed by atoms with Crippen LogP contribution in [0.2, 0.25) is 0 Å². The Kier molecular flexibility index (Phi) is 7.08. The molecule has 0 aliphatic heterocycles. The first-order valence-electron chi connectivity index (χ1n) is 9.47. The molecule has 0 saturated heterocycles. The van der Waals surface area contributed by atoms with E-state index in [1.54, 1.807) is 0 Å². The van der Waals surface area contributed by atoms with Gasteiger partial charge in [-0.15, -0.1) is 0 Å². The van der Waals surface area contributed by atoms with Crippen LogP contribution >= 0.6 is 0 Å². The third-order valence-electron chi connectivity index (χ3n) is 5.54. The maximum Gasteiger partial charge on any atom is 0.309 e. The van der Waals surface area contributed by atoms with Crippen molar-refractivity contribution in [1.29, 1.82) is 5.26 Å². The number of nitrogens with one attached hydrogen (secondary N) is 1. The van der Waals surface area contributed by atoms with Gasteiger partial charge in [-0.3, -0.25) is 9.59 Å². The summed E-state index contributed by atoms with van der Waals surface area (Å²) in [6.45, 7) is 1.94. The molecule has 0 atom stereocenters. The molecule has 5 heteroatoms. The van der Waals surface area contributed by atoms with Crippen LogP contribution in [0.25, 0.3) is 0 Å². The third kappa shape index (κ3) is 5.22. The Morgan fingerprint density at radius 1 is 1.21 bits per heavy atom. The Morgan fingerprint density at radius 3 is 2.46 bits per heavy atom. The first kappa shape index (κ1) is 18.8. The van der Waals surface area contributed by atoms with Crippen molar-refractivity contribution in [2.45, 2.75) is 83.1 Å². The summed E-state index contributed by atoms with van der Waals surface area (Å²) < 4.78 is 5.20. The van der Waals surface area contributed by atoms with Gasteiger partial charge < -0.3 is 10.1 Å². The molecule has 0 spiro atoms. The summed E-state index contributed by atoms with van der Waals surface area (Å²) in [6.07, 6.45) is 10.9. The van der Waals surface area contributed by atoms with E-state index in [2.05, 4.69) is 18.3 Å². The molecule has 2 saturated carbocycles. The lowest BCUT2D eigenvalue weighted by molar-refractivity contribution is -0.154. The average Bonchev–Trinajstić information content (AvgIpc) is 3.07. The van der Waals surface area contributed by atoms with E-state index in [4.69, 9.17) is 4.74 Å². The highest BCUT2D eigenvalue weighted by molar-refractivity contribution is 5.82. The van der Waals surface area contributed by atoms with Crippen LogP contribution in [0.1, 0.15) is 77.6 Å². The molecule has 0 aromatic rings. The molecule has 0 bridgehead atoms. The summed E-state index contributed by atoms with van der Waals surface area (Å²) >= 11 is 0. The van der Waals surface area contributed by atoms with Gasteiger partial charge in [0.05, 0.1) is 12.0 Å². The fourth-order valence-electron chi connectivity index (χ4n) is 3.98. The number of hydrogen-bond acceptors (Lipinski definition) is 4. The molecule has 2 fully saturated rings. The number of amides is 1. The molecule has 0 aromatic heterocycles. The van der Waals surface area contributed by atoms with Crippen LogP contribution in [0.5, 0.6) is 0 Å². The molecule has 2 rings (SSSR count). The lowest BCUT2D eigenvalue weighted by Gasteiger charge is -2.27. The summed E-state index contributed by atoms with van der Waals surface area (Å²) in [5, 5.41) is 12.0. The van der Waals surface area contributed by atoms with Crippen LogP contribution in [0, 0.1) is 23.2 Å². The van der Waals surface area contributed by atoms with E-state index in [0.717, 1.165) is 44.4 Å². The molecule has 0 radical (unpaired) electrons. The second kappa shape index (κ2) is 9.05. The van der Waals surface area contributed by atoms with Gasteiger partial charge in [0.1, 0.15) is 5.54 Å². The minimum Gasteiger partial charge on any atom is -0.455 e. The summed E-state index contributed by atoms with van der Waals surface area (Å²) in [4.78, 5) is 24.1. The predicted octanol–water partition coefficient (Wildman–Crippen LogP) is 3.48. The number of rotatable bonds is 7. The number of nitriles is 1. The molecule has 2 aliphatic carbocycles. The van der Waals surface area contributed by atoms with Crippen LogP contribution in [0.15, 0.2) is 0 Å². The molecule has 134 valence electrons. The van der Waals surface area contributed by atoms with E-state index in [1.807, 2.05) is 0 Å². The van der Waals surface area contributed by atoms with E-state index in [9.17, 15) is 14.9 Å². The van der Waals surface area contributed by atoms with E-state index in [1.165, 1.54) is 19.3 Å². The molecule has 0 heterocycles. The van der Waals surface area contributed by atoms with Crippen molar-refractivity contribution in [1.82, 2.24) is 5.32 Å². The van der Waals surface area contributed by atoms with Crippen LogP contribution in [0.3, 0.4) is 0 Å². The van der Waals surface area contributed by atoms with Crippen LogP contribution in [0.4, 0.5) is 0 Å². The Labute approximate surface area is 145 Å². The molecule has 0 unspecified atom stereocenters. The standard InChI is InChI=1S/C19H30N2O3/c1-2-3-6-15-7-9-16(10-8-15)18(23)24-13-17(22)21-19(14-20)11-4-5-12-19/h15-16H,2-13H2,1H3,(H,21,22). The van der Waals surface area contributed by atoms with Crippen molar-refractivity contribution in [2.24, 2.45) is 11.8 Å². The van der Waals surface area contributed by atoms with E-state index < -0.39 is 5.54 Å². The second-order valence-corrected chi connectivity index (χ2v) is 7.42. The van der Waals surface area contributed by atoms with Crippen molar-refractivity contribution < 1.29 is 14.3 Å². The van der Waals surface area contributed by atoms with Gasteiger partial charge in [-0.05, 0) is 57.3 Å². The van der Waals surface area contributed by atoms with Gasteiger partial charge in [0.2, 0.25) is 0 Å². The average molecular weight is 334 g/mol. The van der Waals surface area contributed by atoms with Crippen LogP contribution < -0.4 is 5.32 Å². The predicted molar refractivity (Wildman–Crippen MR) is 90.9 cm³/mol. The van der Waals surface area contributed by atoms with E-state index in [0.29, 0.717) is 12.8 Å². The van der Waals surface area contributed by atoms with Gasteiger partial charge in [0, 0.05) is 0 Å². The zero-order valence-electron chi connectivity index (χ0n) is 14.8. The van der Waals surface area contributed by atoms with Gasteiger partial charge >= 0.3 is 5.97 Å². The minimum atomic E-state index is -0.749. The monoisotopic (exact) mass is 334 g/mol. The fraction of sp³-hybridized carbons (Fsp3) is 0.842. The van der Waals surface area contributed by atoms with Gasteiger partial charge in [0.25, 0.3) is 5.91 Å². The number of ether oxygens (including phenoxy) is 1. The van der Waals surface area contributed by atoms with Gasteiger partial charge in [-0.1, -0.05) is 26.2 Å². The lowest BCUT2D eigenvalue weighted by atomic mass is 9.80. The number of esters is 1. The van der Waals surface area contributed by atoms with Crippen LogP contribution in [-0.2, 0) is 14.3 Å². The molecule has 0 aromatic carbocycles. The first-order valence-corrected chi connectivity index (χ1v) is 9.47. The fourth-order valence-corrected chi connectivity index (χ4v) is 3.98. The Bertz CT molecular complexity index is 469. The largest absolute Gasteiger partial charge is 0.455 e. The second-order valence-electron chi connectivity index (χ2n) is 7.42. The first-order chi connectivity index (χ1) is 11.6. The normalized spacial score (nSPS) is 25.7. The number of nitrogens with zero attached hydrogens (tertiary/aromatic N) is 1. The maximum absolute atomic E-state index is 12.1. The highest BCUT2D eigenvalue weighted by Crippen LogP contribution is 2.32. The van der Waals surface area contributed by atoms with Crippen molar-refractivity contribution in [3.05, 3.63) is 0 Å². The molecule has 1 amide bonds. The van der Waals surface area contributed by atoms with Crippen molar-refractivity contribution in [3.8, 4) is 6.07 Å². The van der Waals surface area contributed by atoms with E-state index >= 15 is 0 Å². The highest BCUT2D eigenvalue weighted by Gasteiger charge is 2.35. The Morgan fingerprint density at radius 2 is 1.88 bits per heavy atom.